The van der Waals surface area contributed by atoms with Crippen molar-refractivity contribution in [3.05, 3.63) is 47.5 Å². The van der Waals surface area contributed by atoms with E-state index in [1.807, 2.05) is 0 Å². The highest BCUT2D eigenvalue weighted by Crippen LogP contribution is 2.33. The predicted octanol–water partition coefficient (Wildman–Crippen LogP) is 3.81. The molecule has 1 aliphatic carbocycles. The largest absolute Gasteiger partial charge is 0.354 e. The molecule has 3 aromatic rings. The molecule has 1 aromatic heterocycles. The average molecular weight is 207 g/mol. The summed E-state index contributed by atoms with van der Waals surface area (Å²) in [5.74, 6) is 0. The van der Waals surface area contributed by atoms with Crippen LogP contribution in [0.4, 0.5) is 0 Å². The molecule has 2 aromatic carbocycles. The molecule has 0 bridgehead atoms. The molecule has 1 nitrogen and oxygen atoms in total. The van der Waals surface area contributed by atoms with Gasteiger partial charge in [-0.15, -0.1) is 0 Å². The summed E-state index contributed by atoms with van der Waals surface area (Å²) in [6.07, 6.45) is 3.80. The van der Waals surface area contributed by atoms with Gasteiger partial charge in [0.05, 0.1) is 0 Å². The Morgan fingerprint density at radius 3 is 2.81 bits per heavy atom. The molecule has 0 spiro atoms. The molecule has 0 saturated carbocycles. The normalized spacial score (nSPS) is 14.8. The third-order valence-electron chi connectivity index (χ3n) is 3.76. The summed E-state index contributed by atoms with van der Waals surface area (Å²) in [6.45, 7) is 0. The van der Waals surface area contributed by atoms with E-state index in [2.05, 4.69) is 41.4 Å². The molecular weight excluding hydrogens is 194 g/mol. The van der Waals surface area contributed by atoms with Crippen LogP contribution in [0.1, 0.15) is 17.5 Å². The zero-order valence-corrected chi connectivity index (χ0v) is 9.09. The van der Waals surface area contributed by atoms with Gasteiger partial charge < -0.3 is 4.98 Å². The lowest BCUT2D eigenvalue weighted by molar-refractivity contribution is 0.913. The summed E-state index contributed by atoms with van der Waals surface area (Å²) in [5.41, 5.74) is 5.72. The van der Waals surface area contributed by atoms with Crippen molar-refractivity contribution in [2.45, 2.75) is 19.3 Å². The molecule has 0 aliphatic heterocycles. The second-order valence-electron chi connectivity index (χ2n) is 4.65. The maximum absolute atomic E-state index is 3.58. The zero-order chi connectivity index (χ0) is 10.5. The van der Waals surface area contributed by atoms with Crippen molar-refractivity contribution in [1.29, 1.82) is 0 Å². The van der Waals surface area contributed by atoms with Crippen molar-refractivity contribution in [2.24, 2.45) is 0 Å². The molecule has 1 heteroatoms. The van der Waals surface area contributed by atoms with Crippen LogP contribution >= 0.6 is 0 Å². The van der Waals surface area contributed by atoms with E-state index in [-0.39, 0.29) is 0 Å². The Bertz CT molecular complexity index is 691. The van der Waals surface area contributed by atoms with Crippen molar-refractivity contribution in [2.75, 3.05) is 0 Å². The molecule has 1 N–H and O–H groups in total. The molecule has 0 fully saturated rings. The second kappa shape index (κ2) is 2.88. The number of nitrogens with one attached hydrogen (secondary N) is 1. The Kier molecular flexibility index (Phi) is 1.51. The van der Waals surface area contributed by atoms with E-state index in [1.54, 1.807) is 11.1 Å². The highest BCUT2D eigenvalue weighted by molar-refractivity contribution is 6.08. The number of benzene rings is 2. The maximum atomic E-state index is 3.58. The summed E-state index contributed by atoms with van der Waals surface area (Å²) in [4.78, 5) is 3.58. The summed E-state index contributed by atoms with van der Waals surface area (Å²) < 4.78 is 0. The highest BCUT2D eigenvalue weighted by atomic mass is 14.7. The van der Waals surface area contributed by atoms with Gasteiger partial charge in [-0.25, -0.2) is 0 Å². The van der Waals surface area contributed by atoms with Crippen LogP contribution in [0.2, 0.25) is 0 Å². The number of aromatic amines is 1. The summed E-state index contributed by atoms with van der Waals surface area (Å²) in [6, 6.07) is 13.2. The highest BCUT2D eigenvalue weighted by Gasteiger charge is 2.15. The van der Waals surface area contributed by atoms with Crippen LogP contribution in [0.15, 0.2) is 36.4 Å². The molecular formula is C15H13N. The van der Waals surface area contributed by atoms with Gasteiger partial charge in [0.1, 0.15) is 0 Å². The van der Waals surface area contributed by atoms with Gasteiger partial charge in [0.25, 0.3) is 0 Å². The van der Waals surface area contributed by atoms with Gasteiger partial charge in [-0.2, -0.15) is 0 Å². The van der Waals surface area contributed by atoms with E-state index >= 15 is 0 Å². The van der Waals surface area contributed by atoms with Crippen molar-refractivity contribution in [3.63, 3.8) is 0 Å². The lowest BCUT2D eigenvalue weighted by Crippen LogP contribution is -1.83. The van der Waals surface area contributed by atoms with Crippen LogP contribution < -0.4 is 0 Å². The molecule has 0 amide bonds. The van der Waals surface area contributed by atoms with Crippen LogP contribution in [-0.4, -0.2) is 4.98 Å². The smallest absolute Gasteiger partial charge is 0.0500 e. The third kappa shape index (κ3) is 0.955. The third-order valence-corrected chi connectivity index (χ3v) is 3.76. The summed E-state index contributed by atoms with van der Waals surface area (Å²) >= 11 is 0. The Balaban J connectivity index is 2.24. The van der Waals surface area contributed by atoms with Gasteiger partial charge >= 0.3 is 0 Å². The monoisotopic (exact) mass is 207 g/mol. The minimum atomic E-state index is 1.24. The first kappa shape index (κ1) is 8.40. The van der Waals surface area contributed by atoms with Crippen molar-refractivity contribution in [1.82, 2.24) is 4.98 Å². The van der Waals surface area contributed by atoms with E-state index in [0.717, 1.165) is 0 Å². The first-order valence-electron chi connectivity index (χ1n) is 5.95. The Labute approximate surface area is 94.1 Å². The number of aryl methyl sites for hydroxylation is 2. The fourth-order valence-corrected chi connectivity index (χ4v) is 3.00. The van der Waals surface area contributed by atoms with Crippen LogP contribution in [-0.2, 0) is 12.8 Å². The maximum Gasteiger partial charge on any atom is 0.0500 e. The van der Waals surface area contributed by atoms with Crippen LogP contribution in [0, 0.1) is 0 Å². The number of rotatable bonds is 0. The van der Waals surface area contributed by atoms with E-state index in [9.17, 15) is 0 Å². The first-order valence-corrected chi connectivity index (χ1v) is 5.95. The van der Waals surface area contributed by atoms with E-state index in [4.69, 9.17) is 0 Å². The zero-order valence-electron chi connectivity index (χ0n) is 9.09. The number of hydrogen-bond acceptors (Lipinski definition) is 0. The fourth-order valence-electron chi connectivity index (χ4n) is 3.00. The Morgan fingerprint density at radius 1 is 0.875 bits per heavy atom. The second-order valence-corrected chi connectivity index (χ2v) is 4.65. The molecule has 1 aliphatic rings. The molecule has 1 heterocycles. The standard InChI is InChI=1S/C15H13N/c1-2-7-14-12(5-1)13-9-8-10-4-3-6-11(10)15(13)16-14/h1-2,5,7-9,16H,3-4,6H2. The molecule has 16 heavy (non-hydrogen) atoms. The fraction of sp³-hybridized carbons (Fsp3) is 0.200. The number of para-hydroxylation sites is 1. The molecule has 0 saturated heterocycles. The quantitative estimate of drug-likeness (QED) is 0.577. The number of aromatic nitrogens is 1. The van der Waals surface area contributed by atoms with E-state index < -0.39 is 0 Å². The average Bonchev–Trinajstić information content (AvgIpc) is 2.92. The van der Waals surface area contributed by atoms with Crippen molar-refractivity contribution >= 4 is 21.8 Å². The van der Waals surface area contributed by atoms with Crippen LogP contribution in [0.3, 0.4) is 0 Å². The van der Waals surface area contributed by atoms with Gasteiger partial charge in [0.2, 0.25) is 0 Å². The van der Waals surface area contributed by atoms with Crippen molar-refractivity contribution < 1.29 is 0 Å². The number of fused-ring (bicyclic) bond motifs is 5. The van der Waals surface area contributed by atoms with Gasteiger partial charge in [-0.05, 0) is 36.5 Å². The van der Waals surface area contributed by atoms with Crippen LogP contribution in [0.5, 0.6) is 0 Å². The first-order chi connectivity index (χ1) is 7.93. The topological polar surface area (TPSA) is 15.8 Å². The van der Waals surface area contributed by atoms with E-state index in [0.29, 0.717) is 0 Å². The number of hydrogen-bond donors (Lipinski definition) is 1. The van der Waals surface area contributed by atoms with Gasteiger partial charge in [-0.3, -0.25) is 0 Å². The van der Waals surface area contributed by atoms with E-state index in [1.165, 1.54) is 41.1 Å². The van der Waals surface area contributed by atoms with Crippen molar-refractivity contribution in [3.8, 4) is 0 Å². The molecule has 0 radical (unpaired) electrons. The predicted molar refractivity (Wildman–Crippen MR) is 67.8 cm³/mol. The minimum absolute atomic E-state index is 1.24. The minimum Gasteiger partial charge on any atom is -0.354 e. The molecule has 4 rings (SSSR count). The van der Waals surface area contributed by atoms with Crippen LogP contribution in [0.25, 0.3) is 21.8 Å². The molecule has 0 atom stereocenters. The Morgan fingerprint density at radius 2 is 1.81 bits per heavy atom. The van der Waals surface area contributed by atoms with Gasteiger partial charge in [-0.1, -0.05) is 30.3 Å². The lowest BCUT2D eigenvalue weighted by Gasteiger charge is -2.00. The molecule has 0 unspecified atom stereocenters. The summed E-state index contributed by atoms with van der Waals surface area (Å²) in [7, 11) is 0. The lowest BCUT2D eigenvalue weighted by atomic mass is 10.1. The molecule has 78 valence electrons. The Hall–Kier alpha value is -1.76. The number of H-pyrrole nitrogens is 1. The van der Waals surface area contributed by atoms with Gasteiger partial charge in [0.15, 0.2) is 0 Å². The summed E-state index contributed by atoms with van der Waals surface area (Å²) in [5, 5.41) is 2.74. The SMILES string of the molecule is c1ccc2c(c1)[nH]c1c3c(ccc12)CCC3. The van der Waals surface area contributed by atoms with Gasteiger partial charge in [0, 0.05) is 21.8 Å².